The first-order valence-electron chi connectivity index (χ1n) is 10.1. The van der Waals surface area contributed by atoms with E-state index in [2.05, 4.69) is 16.6 Å². The molecule has 0 saturated heterocycles. The van der Waals surface area contributed by atoms with Gasteiger partial charge in [0.2, 0.25) is 11.8 Å². The van der Waals surface area contributed by atoms with Crippen molar-refractivity contribution < 1.29 is 19.1 Å². The highest BCUT2D eigenvalue weighted by molar-refractivity contribution is 5.92. The zero-order chi connectivity index (χ0) is 23.1. The molecule has 0 aliphatic heterocycles. The number of carbonyl (C=O) groups is 3. The third-order valence-electron chi connectivity index (χ3n) is 4.13. The molecular formula is C23H33N3O4. The summed E-state index contributed by atoms with van der Waals surface area (Å²) in [7, 11) is 0. The maximum atomic E-state index is 13.2. The van der Waals surface area contributed by atoms with Crippen molar-refractivity contribution >= 4 is 17.9 Å². The van der Waals surface area contributed by atoms with Crippen molar-refractivity contribution in [2.24, 2.45) is 0 Å². The van der Waals surface area contributed by atoms with Crippen LogP contribution in [0, 0.1) is 12.3 Å². The van der Waals surface area contributed by atoms with E-state index >= 15 is 0 Å². The van der Waals surface area contributed by atoms with Gasteiger partial charge in [0.15, 0.2) is 0 Å². The van der Waals surface area contributed by atoms with E-state index in [1.54, 1.807) is 58.9 Å². The Morgan fingerprint density at radius 2 is 1.73 bits per heavy atom. The molecule has 2 N–H and O–H groups in total. The average molecular weight is 416 g/mol. The van der Waals surface area contributed by atoms with Crippen molar-refractivity contribution in [3.63, 3.8) is 0 Å². The average Bonchev–Trinajstić information content (AvgIpc) is 2.63. The molecule has 1 aromatic carbocycles. The van der Waals surface area contributed by atoms with Crippen LogP contribution in [0.1, 0.15) is 65.6 Å². The summed E-state index contributed by atoms with van der Waals surface area (Å²) in [6.45, 7) is 12.5. The zero-order valence-corrected chi connectivity index (χ0v) is 18.9. The number of terminal acetylenes is 1. The van der Waals surface area contributed by atoms with Crippen LogP contribution in [0.3, 0.4) is 0 Å². The highest BCUT2D eigenvalue weighted by atomic mass is 16.6. The number of likely N-dealkylation sites (N-methyl/N-ethyl adjacent to an activating group) is 1. The Morgan fingerprint density at radius 3 is 2.23 bits per heavy atom. The quantitative estimate of drug-likeness (QED) is 0.670. The maximum Gasteiger partial charge on any atom is 0.408 e. The third-order valence-corrected chi connectivity index (χ3v) is 4.13. The molecule has 0 radical (unpaired) electrons. The second-order valence-electron chi connectivity index (χ2n) is 8.29. The molecule has 0 aliphatic rings. The van der Waals surface area contributed by atoms with E-state index in [0.717, 1.165) is 0 Å². The molecule has 30 heavy (non-hydrogen) atoms. The fourth-order valence-electron chi connectivity index (χ4n) is 2.94. The van der Waals surface area contributed by atoms with Gasteiger partial charge in [-0.05, 0) is 60.1 Å². The number of rotatable bonds is 7. The van der Waals surface area contributed by atoms with Gasteiger partial charge in [-0.25, -0.2) is 4.79 Å². The summed E-state index contributed by atoms with van der Waals surface area (Å²) in [5.74, 6) is 1.82. The van der Waals surface area contributed by atoms with E-state index < -0.39 is 29.7 Å². The second-order valence-corrected chi connectivity index (χ2v) is 8.29. The summed E-state index contributed by atoms with van der Waals surface area (Å²) >= 11 is 0. The molecule has 7 heteroatoms. The van der Waals surface area contributed by atoms with E-state index in [4.69, 9.17) is 11.2 Å². The van der Waals surface area contributed by atoms with Crippen LogP contribution >= 0.6 is 0 Å². The number of amides is 3. The molecule has 0 aromatic heterocycles. The minimum absolute atomic E-state index is 0.121. The van der Waals surface area contributed by atoms with Gasteiger partial charge in [-0.15, -0.1) is 6.42 Å². The summed E-state index contributed by atoms with van der Waals surface area (Å²) in [6.07, 6.45) is 4.93. The zero-order valence-electron chi connectivity index (χ0n) is 18.9. The van der Waals surface area contributed by atoms with Gasteiger partial charge in [0.1, 0.15) is 17.7 Å². The number of ether oxygens (including phenoxy) is 1. The molecule has 3 amide bonds. The summed E-state index contributed by atoms with van der Waals surface area (Å²) in [4.78, 5) is 39.8. The van der Waals surface area contributed by atoms with Gasteiger partial charge in [-0.2, -0.15) is 0 Å². The van der Waals surface area contributed by atoms with Crippen molar-refractivity contribution in [3.8, 4) is 12.3 Å². The Hall–Kier alpha value is -3.01. The monoisotopic (exact) mass is 415 g/mol. The van der Waals surface area contributed by atoms with Crippen LogP contribution in [0.25, 0.3) is 0 Å². The lowest BCUT2D eigenvalue weighted by Crippen LogP contribution is -2.52. The largest absolute Gasteiger partial charge is 0.444 e. The fourth-order valence-corrected chi connectivity index (χ4v) is 2.94. The second kappa shape index (κ2) is 10.7. The smallest absolute Gasteiger partial charge is 0.408 e. The molecule has 2 unspecified atom stereocenters. The van der Waals surface area contributed by atoms with Crippen LogP contribution < -0.4 is 10.6 Å². The minimum Gasteiger partial charge on any atom is -0.444 e. The van der Waals surface area contributed by atoms with Gasteiger partial charge >= 0.3 is 6.09 Å². The summed E-state index contributed by atoms with van der Waals surface area (Å²) < 4.78 is 5.23. The Labute approximate surface area is 179 Å². The first-order valence-corrected chi connectivity index (χ1v) is 10.1. The molecule has 164 valence electrons. The number of alkyl carbamates (subject to hydrolysis) is 1. The van der Waals surface area contributed by atoms with E-state index in [9.17, 15) is 14.4 Å². The van der Waals surface area contributed by atoms with Gasteiger partial charge in [0.25, 0.3) is 0 Å². The van der Waals surface area contributed by atoms with Gasteiger partial charge in [-0.1, -0.05) is 24.1 Å². The molecule has 0 aliphatic carbocycles. The van der Waals surface area contributed by atoms with E-state index in [1.165, 1.54) is 4.90 Å². The normalized spacial score (nSPS) is 13.0. The van der Waals surface area contributed by atoms with Crippen LogP contribution in [0.4, 0.5) is 4.79 Å². The summed E-state index contributed by atoms with van der Waals surface area (Å²) in [5, 5.41) is 5.40. The highest BCUT2D eigenvalue weighted by Crippen LogP contribution is 2.25. The Morgan fingerprint density at radius 1 is 1.13 bits per heavy atom. The standard InChI is InChI=1S/C23H33N3O4/c1-9-17-13-11-12-14-18(17)19(20(27)24-15(3)4)26(10-2)21(28)16(5)25-22(29)30-23(6,7)8/h1,11-16,19H,10H2,2-8H3,(H,24,27)(H,25,29). The van der Waals surface area contributed by atoms with E-state index in [0.29, 0.717) is 11.1 Å². The predicted molar refractivity (Wildman–Crippen MR) is 117 cm³/mol. The fraction of sp³-hybridized carbons (Fsp3) is 0.522. The van der Waals surface area contributed by atoms with Crippen LogP contribution in [0.5, 0.6) is 0 Å². The molecule has 0 heterocycles. The molecule has 0 fully saturated rings. The van der Waals surface area contributed by atoms with Crippen molar-refractivity contribution in [3.05, 3.63) is 35.4 Å². The van der Waals surface area contributed by atoms with Crippen molar-refractivity contribution in [1.29, 1.82) is 0 Å². The topological polar surface area (TPSA) is 87.7 Å². The molecular weight excluding hydrogens is 382 g/mol. The lowest BCUT2D eigenvalue weighted by Gasteiger charge is -2.33. The van der Waals surface area contributed by atoms with Gasteiger partial charge in [0, 0.05) is 18.2 Å². The number of benzene rings is 1. The first kappa shape index (κ1) is 25.0. The third kappa shape index (κ3) is 7.11. The van der Waals surface area contributed by atoms with Crippen molar-refractivity contribution in [2.45, 2.75) is 72.2 Å². The van der Waals surface area contributed by atoms with Crippen molar-refractivity contribution in [2.75, 3.05) is 6.54 Å². The van der Waals surface area contributed by atoms with Crippen LogP contribution in [0.15, 0.2) is 24.3 Å². The molecule has 1 rings (SSSR count). The molecule has 0 saturated carbocycles. The Bertz CT molecular complexity index is 805. The summed E-state index contributed by atoms with van der Waals surface area (Å²) in [5.41, 5.74) is 0.390. The molecule has 0 spiro atoms. The van der Waals surface area contributed by atoms with Crippen molar-refractivity contribution in [1.82, 2.24) is 15.5 Å². The Kier molecular flexibility index (Phi) is 8.91. The van der Waals surface area contributed by atoms with Gasteiger partial charge in [-0.3, -0.25) is 9.59 Å². The highest BCUT2D eigenvalue weighted by Gasteiger charge is 2.35. The van der Waals surface area contributed by atoms with E-state index in [1.807, 2.05) is 13.8 Å². The lowest BCUT2D eigenvalue weighted by atomic mass is 9.97. The SMILES string of the molecule is C#Cc1ccccc1C(C(=O)NC(C)C)N(CC)C(=O)C(C)NC(=O)OC(C)(C)C. The molecule has 1 aromatic rings. The summed E-state index contributed by atoms with van der Waals surface area (Å²) in [6, 6.07) is 5.07. The molecule has 2 atom stereocenters. The molecule has 7 nitrogen and oxygen atoms in total. The van der Waals surface area contributed by atoms with E-state index in [-0.39, 0.29) is 18.5 Å². The van der Waals surface area contributed by atoms with Gasteiger partial charge < -0.3 is 20.3 Å². The predicted octanol–water partition coefficient (Wildman–Crippen LogP) is 3.00. The maximum absolute atomic E-state index is 13.2. The number of nitrogens with one attached hydrogen (secondary N) is 2. The van der Waals surface area contributed by atoms with Crippen LogP contribution in [0.2, 0.25) is 0 Å². The number of hydrogen-bond acceptors (Lipinski definition) is 4. The van der Waals surface area contributed by atoms with Gasteiger partial charge in [0.05, 0.1) is 0 Å². The number of carbonyl (C=O) groups excluding carboxylic acids is 3. The van der Waals surface area contributed by atoms with Crippen LogP contribution in [-0.4, -0.2) is 47.0 Å². The van der Waals surface area contributed by atoms with Crippen LogP contribution in [-0.2, 0) is 14.3 Å². The number of hydrogen-bond donors (Lipinski definition) is 2. The molecule has 0 bridgehead atoms. The number of nitrogens with zero attached hydrogens (tertiary/aromatic N) is 1. The minimum atomic E-state index is -0.931. The first-order chi connectivity index (χ1) is 13.9. The Balaban J connectivity index is 3.25. The lowest BCUT2D eigenvalue weighted by molar-refractivity contribution is -0.142.